The number of nitrogens with two attached hydrogens (primary N) is 2. The molecule has 1 radical (unpaired) electrons. The van der Waals surface area contributed by atoms with Gasteiger partial charge in [-0.25, -0.2) is 0 Å². The van der Waals surface area contributed by atoms with E-state index >= 15 is 0 Å². The van der Waals surface area contributed by atoms with E-state index in [4.69, 9.17) is 11.7 Å². The van der Waals surface area contributed by atoms with E-state index in [-0.39, 0.29) is 29.6 Å². The van der Waals surface area contributed by atoms with Gasteiger partial charge >= 0.3 is 0 Å². The van der Waals surface area contributed by atoms with Crippen molar-refractivity contribution in [2.45, 2.75) is 0 Å². The number of hydrogen-bond acceptors (Lipinski definition) is 10. The van der Waals surface area contributed by atoms with E-state index in [1.54, 1.807) is 0 Å². The van der Waals surface area contributed by atoms with Gasteiger partial charge in [-0.2, -0.15) is 44.3 Å². The van der Waals surface area contributed by atoms with Crippen LogP contribution in [0.25, 0.3) is 0 Å². The average Bonchev–Trinajstić information content (AvgIpc) is 1.97. The number of hydrogen-bond donors (Lipinski definition) is 10. The first-order valence-corrected chi connectivity index (χ1v) is 2.33. The fraction of sp³-hybridized carbons (Fsp3) is 0. The molecule has 11 heavy (non-hydrogen) atoms. The van der Waals surface area contributed by atoms with Gasteiger partial charge in [0, 0.05) is 29.6 Å². The zero-order chi connectivity index (χ0) is 7.66. The summed E-state index contributed by atoms with van der Waals surface area (Å²) in [6.07, 6.45) is 0. The fourth-order valence-electron chi connectivity index (χ4n) is 0.197. The van der Waals surface area contributed by atoms with Crippen LogP contribution in [-0.2, 0) is 0 Å². The molecule has 11 heteroatoms. The molecule has 0 aromatic rings. The van der Waals surface area contributed by atoms with Gasteiger partial charge < -0.3 is 0 Å². The summed E-state index contributed by atoms with van der Waals surface area (Å²) in [6.45, 7) is 0. The Bertz CT molecular complexity index is 44.8. The third-order valence-electron chi connectivity index (χ3n) is 0.457. The van der Waals surface area contributed by atoms with Crippen molar-refractivity contribution in [2.75, 3.05) is 0 Å². The summed E-state index contributed by atoms with van der Waals surface area (Å²) in [4.78, 5) is 0. The Balaban J connectivity index is 0. The fourth-order valence-corrected chi connectivity index (χ4v) is 0.197. The Kier molecular flexibility index (Phi) is 17.0. The molecular weight excluding hydrogens is 163 g/mol. The standard InChI is InChI=1S/H12N10.Na/c1-3-5-7-9-10-8-6-4-2;/h3-10H,1-2H2;. The molecule has 0 saturated heterocycles. The SMILES string of the molecule is NNNNNNNNNN.[Na]. The Morgan fingerprint density at radius 3 is 1.09 bits per heavy atom. The summed E-state index contributed by atoms with van der Waals surface area (Å²) in [6, 6.07) is 0. The van der Waals surface area contributed by atoms with E-state index in [1.807, 2.05) is 0 Å². The number of hydrazine groups is 9. The third-order valence-corrected chi connectivity index (χ3v) is 0.457. The second-order valence-corrected chi connectivity index (χ2v) is 1.04. The van der Waals surface area contributed by atoms with Gasteiger partial charge in [-0.15, -0.1) is 0 Å². The van der Waals surface area contributed by atoms with E-state index in [2.05, 4.69) is 44.3 Å². The van der Waals surface area contributed by atoms with Gasteiger partial charge in [-0.05, 0) is 0 Å². The van der Waals surface area contributed by atoms with Crippen LogP contribution in [0.15, 0.2) is 0 Å². The topological polar surface area (TPSA) is 148 Å². The molecule has 0 amide bonds. The molecule has 0 bridgehead atoms. The van der Waals surface area contributed by atoms with Gasteiger partial charge in [0.1, 0.15) is 0 Å². The first-order chi connectivity index (χ1) is 4.91. The molecule has 63 valence electrons. The van der Waals surface area contributed by atoms with Crippen molar-refractivity contribution in [3.8, 4) is 0 Å². The van der Waals surface area contributed by atoms with E-state index in [9.17, 15) is 0 Å². The Morgan fingerprint density at radius 2 is 0.818 bits per heavy atom. The molecule has 0 aliphatic heterocycles. The van der Waals surface area contributed by atoms with Crippen molar-refractivity contribution in [1.82, 2.24) is 44.3 Å². The van der Waals surface area contributed by atoms with E-state index < -0.39 is 0 Å². The first kappa shape index (κ1) is 14.1. The molecule has 0 aliphatic rings. The molecule has 0 aromatic heterocycles. The molecule has 0 saturated carbocycles. The van der Waals surface area contributed by atoms with E-state index in [1.165, 1.54) is 0 Å². The van der Waals surface area contributed by atoms with Gasteiger partial charge in [-0.3, -0.25) is 11.7 Å². The summed E-state index contributed by atoms with van der Waals surface area (Å²) in [7, 11) is 0. The van der Waals surface area contributed by atoms with E-state index in [0.29, 0.717) is 0 Å². The molecule has 0 spiro atoms. The van der Waals surface area contributed by atoms with Crippen LogP contribution in [0.1, 0.15) is 0 Å². The van der Waals surface area contributed by atoms with Gasteiger partial charge in [-0.1, -0.05) is 0 Å². The van der Waals surface area contributed by atoms with Crippen LogP contribution >= 0.6 is 0 Å². The molecule has 0 aliphatic carbocycles. The van der Waals surface area contributed by atoms with Crippen LogP contribution in [0.5, 0.6) is 0 Å². The minimum atomic E-state index is 0. The molecule has 0 unspecified atom stereocenters. The van der Waals surface area contributed by atoms with Crippen molar-refractivity contribution in [3.05, 3.63) is 0 Å². The molecular formula is H12N10Na. The normalized spacial score (nSPS) is 9.27. The maximum Gasteiger partial charge on any atom is 0 e. The smallest absolute Gasteiger partial charge is 0 e. The van der Waals surface area contributed by atoms with Crippen LogP contribution in [0.2, 0.25) is 0 Å². The van der Waals surface area contributed by atoms with Crippen molar-refractivity contribution in [1.29, 1.82) is 0 Å². The molecule has 12 N–H and O–H groups in total. The van der Waals surface area contributed by atoms with Crippen LogP contribution in [0.3, 0.4) is 0 Å². The molecule has 0 aromatic carbocycles. The van der Waals surface area contributed by atoms with Crippen molar-refractivity contribution in [2.24, 2.45) is 11.7 Å². The molecule has 0 heterocycles. The zero-order valence-corrected chi connectivity index (χ0v) is 8.15. The Morgan fingerprint density at radius 1 is 0.545 bits per heavy atom. The van der Waals surface area contributed by atoms with Gasteiger partial charge in [0.05, 0.1) is 0 Å². The summed E-state index contributed by atoms with van der Waals surface area (Å²) >= 11 is 0. The van der Waals surface area contributed by atoms with Crippen LogP contribution in [0.4, 0.5) is 0 Å². The predicted molar refractivity (Wildman–Crippen MR) is 39.2 cm³/mol. The van der Waals surface area contributed by atoms with Gasteiger partial charge in [0.25, 0.3) is 0 Å². The van der Waals surface area contributed by atoms with Gasteiger partial charge in [0.15, 0.2) is 0 Å². The van der Waals surface area contributed by atoms with E-state index in [0.717, 1.165) is 0 Å². The van der Waals surface area contributed by atoms with Crippen molar-refractivity contribution >= 4 is 29.6 Å². The summed E-state index contributed by atoms with van der Waals surface area (Å²) in [5.41, 5.74) is 18.4. The Labute approximate surface area is 85.6 Å². The minimum Gasteiger partial charge on any atom is -0.257 e. The maximum atomic E-state index is 4.81. The minimum absolute atomic E-state index is 0. The third kappa shape index (κ3) is 13.6. The molecule has 10 nitrogen and oxygen atoms in total. The summed E-state index contributed by atoms with van der Waals surface area (Å²) in [5, 5.41) is 0. The van der Waals surface area contributed by atoms with Gasteiger partial charge in [0.2, 0.25) is 0 Å². The predicted octanol–water partition coefficient (Wildman–Crippen LogP) is -5.53. The number of rotatable bonds is 7. The second kappa shape index (κ2) is 13.2. The Hall–Kier alpha value is 0.600. The monoisotopic (exact) mass is 175 g/mol. The van der Waals surface area contributed by atoms with Crippen LogP contribution in [-0.4, -0.2) is 29.6 Å². The zero-order valence-electron chi connectivity index (χ0n) is 6.15. The summed E-state index contributed by atoms with van der Waals surface area (Å²) in [5.74, 6) is 9.62. The average molecular weight is 175 g/mol. The molecule has 0 atom stereocenters. The second-order valence-electron chi connectivity index (χ2n) is 1.04. The maximum absolute atomic E-state index is 4.81. The summed E-state index contributed by atoms with van der Waals surface area (Å²) < 4.78 is 0. The first-order valence-electron chi connectivity index (χ1n) is 2.33. The van der Waals surface area contributed by atoms with Crippen LogP contribution in [0, 0.1) is 0 Å². The number of nitrogens with one attached hydrogen (secondary N) is 8. The van der Waals surface area contributed by atoms with Crippen LogP contribution < -0.4 is 56.0 Å². The largest absolute Gasteiger partial charge is 0.257 e. The molecule has 0 rings (SSSR count). The van der Waals surface area contributed by atoms with Crippen molar-refractivity contribution in [3.63, 3.8) is 0 Å². The van der Waals surface area contributed by atoms with Crippen molar-refractivity contribution < 1.29 is 0 Å². The quantitative estimate of drug-likeness (QED) is 0.0785. The molecule has 0 fully saturated rings.